The molecule has 248 valence electrons. The number of allylic oxidation sites excluding steroid dienone is 8. The average Bonchev–Trinajstić information content (AvgIpc) is 3.01. The molecule has 0 aliphatic rings. The van der Waals surface area contributed by atoms with Crippen LogP contribution in [0.1, 0.15) is 162 Å². The van der Waals surface area contributed by atoms with E-state index in [9.17, 15) is 14.7 Å². The van der Waals surface area contributed by atoms with Gasteiger partial charge in [-0.3, -0.25) is 9.59 Å². The maximum Gasteiger partial charge on any atom is 0.306 e. The highest BCUT2D eigenvalue weighted by Crippen LogP contribution is 2.13. The molecular formula is C38H66O5. The maximum atomic E-state index is 12.1. The number of carbonyl (C=O) groups is 2. The van der Waals surface area contributed by atoms with Gasteiger partial charge in [0.05, 0.1) is 6.61 Å². The van der Waals surface area contributed by atoms with Crippen LogP contribution >= 0.6 is 0 Å². The SMILES string of the molecule is CC/C=C\C/C=C\C/C=C\C/C=C\CCCCCCCCCCC(=O)OC(CO)COC(=O)CCCCCCCCCC. The van der Waals surface area contributed by atoms with E-state index in [0.717, 1.165) is 70.6 Å². The molecule has 0 saturated heterocycles. The van der Waals surface area contributed by atoms with Crippen molar-refractivity contribution in [3.05, 3.63) is 48.6 Å². The predicted molar refractivity (Wildman–Crippen MR) is 182 cm³/mol. The Hall–Kier alpha value is -2.14. The lowest BCUT2D eigenvalue weighted by Gasteiger charge is -2.15. The summed E-state index contributed by atoms with van der Waals surface area (Å²) in [5.74, 6) is -0.607. The van der Waals surface area contributed by atoms with Gasteiger partial charge in [-0.25, -0.2) is 0 Å². The van der Waals surface area contributed by atoms with Gasteiger partial charge in [0.1, 0.15) is 6.61 Å². The second-order valence-electron chi connectivity index (χ2n) is 11.6. The smallest absolute Gasteiger partial charge is 0.306 e. The van der Waals surface area contributed by atoms with E-state index in [2.05, 4.69) is 62.5 Å². The van der Waals surface area contributed by atoms with Crippen molar-refractivity contribution in [2.24, 2.45) is 0 Å². The van der Waals surface area contributed by atoms with Crippen LogP contribution in [0.15, 0.2) is 48.6 Å². The topological polar surface area (TPSA) is 72.8 Å². The van der Waals surface area contributed by atoms with E-state index in [0.29, 0.717) is 12.8 Å². The molecule has 5 nitrogen and oxygen atoms in total. The largest absolute Gasteiger partial charge is 0.462 e. The zero-order chi connectivity index (χ0) is 31.5. The minimum atomic E-state index is -0.772. The first-order chi connectivity index (χ1) is 21.1. The molecule has 1 unspecified atom stereocenters. The first-order valence-electron chi connectivity index (χ1n) is 17.7. The fourth-order valence-corrected chi connectivity index (χ4v) is 4.72. The first kappa shape index (κ1) is 40.9. The first-order valence-corrected chi connectivity index (χ1v) is 17.7. The summed E-state index contributed by atoms with van der Waals surface area (Å²) in [6, 6.07) is 0. The molecule has 0 saturated carbocycles. The summed E-state index contributed by atoms with van der Waals surface area (Å²) in [4.78, 5) is 24.1. The molecule has 0 amide bonds. The van der Waals surface area contributed by atoms with E-state index < -0.39 is 6.10 Å². The van der Waals surface area contributed by atoms with E-state index in [1.165, 1.54) is 64.2 Å². The summed E-state index contributed by atoms with van der Waals surface area (Å²) in [6.45, 7) is 3.97. The van der Waals surface area contributed by atoms with Gasteiger partial charge in [-0.2, -0.15) is 0 Å². The number of hydrogen-bond acceptors (Lipinski definition) is 5. The molecule has 0 bridgehead atoms. The Kier molecular flexibility index (Phi) is 32.6. The van der Waals surface area contributed by atoms with Crippen molar-refractivity contribution in [1.82, 2.24) is 0 Å². The van der Waals surface area contributed by atoms with Gasteiger partial charge in [-0.05, 0) is 51.4 Å². The second kappa shape index (κ2) is 34.4. The van der Waals surface area contributed by atoms with Gasteiger partial charge >= 0.3 is 11.9 Å². The minimum absolute atomic E-state index is 0.0691. The molecule has 0 aromatic carbocycles. The van der Waals surface area contributed by atoms with E-state index >= 15 is 0 Å². The molecule has 1 N–H and O–H groups in total. The summed E-state index contributed by atoms with van der Waals surface area (Å²) in [5, 5.41) is 9.49. The number of carbonyl (C=O) groups excluding carboxylic acids is 2. The van der Waals surface area contributed by atoms with Crippen molar-refractivity contribution < 1.29 is 24.2 Å². The molecule has 1 atom stereocenters. The van der Waals surface area contributed by atoms with Gasteiger partial charge in [0.2, 0.25) is 0 Å². The number of aliphatic hydroxyl groups is 1. The average molecular weight is 603 g/mol. The van der Waals surface area contributed by atoms with Crippen molar-refractivity contribution in [3.8, 4) is 0 Å². The quantitative estimate of drug-likeness (QED) is 0.0485. The van der Waals surface area contributed by atoms with Gasteiger partial charge in [-0.1, -0.05) is 146 Å². The number of unbranched alkanes of at least 4 members (excludes halogenated alkanes) is 15. The van der Waals surface area contributed by atoms with E-state index in [1.807, 2.05) is 0 Å². The molecule has 0 aliphatic heterocycles. The van der Waals surface area contributed by atoms with E-state index in [4.69, 9.17) is 9.47 Å². The van der Waals surface area contributed by atoms with Crippen LogP contribution in [0.25, 0.3) is 0 Å². The summed E-state index contributed by atoms with van der Waals surface area (Å²) in [5.41, 5.74) is 0. The van der Waals surface area contributed by atoms with Crippen molar-refractivity contribution in [1.29, 1.82) is 0 Å². The van der Waals surface area contributed by atoms with Gasteiger partial charge in [0.25, 0.3) is 0 Å². The van der Waals surface area contributed by atoms with Crippen LogP contribution < -0.4 is 0 Å². The maximum absolute atomic E-state index is 12.1. The zero-order valence-electron chi connectivity index (χ0n) is 28.0. The Labute approximate surface area is 265 Å². The highest BCUT2D eigenvalue weighted by Gasteiger charge is 2.16. The van der Waals surface area contributed by atoms with Crippen LogP contribution in [0.2, 0.25) is 0 Å². The molecule has 43 heavy (non-hydrogen) atoms. The van der Waals surface area contributed by atoms with Crippen LogP contribution in [0.5, 0.6) is 0 Å². The highest BCUT2D eigenvalue weighted by molar-refractivity contribution is 5.70. The molecule has 0 fully saturated rings. The Morgan fingerprint density at radius 2 is 1.00 bits per heavy atom. The normalized spacial score (nSPS) is 12.7. The summed E-state index contributed by atoms with van der Waals surface area (Å²) in [7, 11) is 0. The fraction of sp³-hybridized carbons (Fsp3) is 0.737. The lowest BCUT2D eigenvalue weighted by Crippen LogP contribution is -2.28. The lowest BCUT2D eigenvalue weighted by atomic mass is 10.1. The van der Waals surface area contributed by atoms with Crippen LogP contribution in [0.3, 0.4) is 0 Å². The van der Waals surface area contributed by atoms with Gasteiger partial charge in [0.15, 0.2) is 6.10 Å². The molecule has 0 aliphatic carbocycles. The van der Waals surface area contributed by atoms with Crippen molar-refractivity contribution >= 4 is 11.9 Å². The number of hydrogen-bond donors (Lipinski definition) is 1. The summed E-state index contributed by atoms with van der Waals surface area (Å²) in [6.07, 6.45) is 41.7. The number of esters is 2. The van der Waals surface area contributed by atoms with Gasteiger partial charge in [0, 0.05) is 12.8 Å². The molecule has 0 radical (unpaired) electrons. The fourth-order valence-electron chi connectivity index (χ4n) is 4.72. The third-order valence-corrected chi connectivity index (χ3v) is 7.39. The third kappa shape index (κ3) is 32.6. The van der Waals surface area contributed by atoms with Crippen molar-refractivity contribution in [2.45, 2.75) is 168 Å². The summed E-state index contributed by atoms with van der Waals surface area (Å²) >= 11 is 0. The molecule has 0 rings (SSSR count). The Balaban J connectivity index is 3.58. The van der Waals surface area contributed by atoms with Gasteiger partial charge < -0.3 is 14.6 Å². The van der Waals surface area contributed by atoms with Crippen molar-refractivity contribution in [3.63, 3.8) is 0 Å². The lowest BCUT2D eigenvalue weighted by molar-refractivity contribution is -0.161. The standard InChI is InChI=1S/C38H66O5/c1-3-5-7-9-11-13-14-15-16-17-18-19-20-21-22-23-24-25-27-29-31-33-38(41)43-36(34-39)35-42-37(40)32-30-28-26-12-10-8-6-4-2/h5,7,11,13,15-16,18-19,36,39H,3-4,6,8-10,12,14,17,20-35H2,1-2H3/b7-5-,13-11-,16-15-,19-18-. The third-order valence-electron chi connectivity index (χ3n) is 7.39. The van der Waals surface area contributed by atoms with Crippen LogP contribution in [-0.2, 0) is 19.1 Å². The molecule has 0 heterocycles. The molecule has 0 aromatic heterocycles. The van der Waals surface area contributed by atoms with Gasteiger partial charge in [-0.15, -0.1) is 0 Å². The predicted octanol–water partition coefficient (Wildman–Crippen LogP) is 10.7. The highest BCUT2D eigenvalue weighted by atomic mass is 16.6. The molecule has 0 aromatic rings. The van der Waals surface area contributed by atoms with Crippen LogP contribution in [-0.4, -0.2) is 36.4 Å². The Morgan fingerprint density at radius 1 is 0.558 bits per heavy atom. The second-order valence-corrected chi connectivity index (χ2v) is 11.6. The molecular weight excluding hydrogens is 536 g/mol. The van der Waals surface area contributed by atoms with E-state index in [1.54, 1.807) is 0 Å². The van der Waals surface area contributed by atoms with E-state index in [-0.39, 0.29) is 25.2 Å². The monoisotopic (exact) mass is 602 g/mol. The van der Waals surface area contributed by atoms with Crippen molar-refractivity contribution in [2.75, 3.05) is 13.2 Å². The number of aliphatic hydroxyl groups excluding tert-OH is 1. The Morgan fingerprint density at radius 3 is 1.51 bits per heavy atom. The van der Waals surface area contributed by atoms with Crippen LogP contribution in [0, 0.1) is 0 Å². The number of rotatable bonds is 31. The zero-order valence-corrected chi connectivity index (χ0v) is 28.0. The summed E-state index contributed by atoms with van der Waals surface area (Å²) < 4.78 is 10.5. The van der Waals surface area contributed by atoms with Crippen LogP contribution in [0.4, 0.5) is 0 Å². The molecule has 0 spiro atoms. The number of ether oxygens (including phenoxy) is 2. The Bertz CT molecular complexity index is 737. The molecule has 5 heteroatoms. The minimum Gasteiger partial charge on any atom is -0.462 e.